The largest absolute Gasteiger partial charge is 0.497 e. The molecule has 0 spiro atoms. The van der Waals surface area contributed by atoms with E-state index in [-0.39, 0.29) is 11.6 Å². The summed E-state index contributed by atoms with van der Waals surface area (Å²) < 4.78 is 15.8. The SMILES string of the molecule is CCCCN(C(C)=O)c1ccc2c(c1)c(-c1ccc3nsnc3c1)c(C(=O)O)n2Cc1ccc(OC)cc1. The number of fused-ring (bicyclic) bond motifs is 2. The van der Waals surface area contributed by atoms with Gasteiger partial charge in [0.1, 0.15) is 22.5 Å². The molecule has 0 radical (unpaired) electrons. The van der Waals surface area contributed by atoms with Crippen molar-refractivity contribution in [3.8, 4) is 16.9 Å². The molecule has 2 heterocycles. The number of ether oxygens (including phenoxy) is 1. The quantitative estimate of drug-likeness (QED) is 0.244. The minimum absolute atomic E-state index is 0.0505. The molecule has 9 heteroatoms. The number of carbonyl (C=O) groups excluding carboxylic acids is 1. The lowest BCUT2D eigenvalue weighted by Crippen LogP contribution is -2.29. The minimum atomic E-state index is -1.03. The third-order valence-electron chi connectivity index (χ3n) is 6.72. The molecule has 0 saturated carbocycles. The Bertz CT molecular complexity index is 1640. The number of hydrogen-bond donors (Lipinski definition) is 1. The van der Waals surface area contributed by atoms with Gasteiger partial charge in [-0.05, 0) is 60.0 Å². The molecule has 5 rings (SSSR count). The molecule has 2 aromatic heterocycles. The van der Waals surface area contributed by atoms with Gasteiger partial charge >= 0.3 is 5.97 Å². The maximum absolute atomic E-state index is 12.8. The summed E-state index contributed by atoms with van der Waals surface area (Å²) in [5.74, 6) is -0.348. The van der Waals surface area contributed by atoms with Crippen molar-refractivity contribution in [2.75, 3.05) is 18.6 Å². The van der Waals surface area contributed by atoms with Gasteiger partial charge < -0.3 is 19.3 Å². The van der Waals surface area contributed by atoms with E-state index in [1.165, 1.54) is 0 Å². The highest BCUT2D eigenvalue weighted by atomic mass is 32.1. The number of rotatable bonds is 9. The lowest BCUT2D eigenvalue weighted by molar-refractivity contribution is -0.116. The highest BCUT2D eigenvalue weighted by Crippen LogP contribution is 2.39. The van der Waals surface area contributed by atoms with Crippen LogP contribution in [-0.2, 0) is 11.3 Å². The van der Waals surface area contributed by atoms with E-state index in [0.29, 0.717) is 24.2 Å². The Morgan fingerprint density at radius 1 is 1.03 bits per heavy atom. The van der Waals surface area contributed by atoms with Crippen molar-refractivity contribution < 1.29 is 19.4 Å². The smallest absolute Gasteiger partial charge is 0.353 e. The molecule has 5 aromatic rings. The number of benzene rings is 3. The fourth-order valence-electron chi connectivity index (χ4n) is 4.83. The Balaban J connectivity index is 1.76. The number of carboxylic acids is 1. The van der Waals surface area contributed by atoms with Crippen LogP contribution in [0, 0.1) is 0 Å². The fourth-order valence-corrected chi connectivity index (χ4v) is 5.34. The molecule has 3 aromatic carbocycles. The van der Waals surface area contributed by atoms with Crippen molar-refractivity contribution in [3.05, 3.63) is 71.9 Å². The molecule has 1 amide bonds. The molecular weight excluding hydrogens is 500 g/mol. The Labute approximate surface area is 224 Å². The van der Waals surface area contributed by atoms with Gasteiger partial charge in [0.15, 0.2) is 0 Å². The van der Waals surface area contributed by atoms with E-state index in [0.717, 1.165) is 63.6 Å². The Hall–Kier alpha value is -4.24. The van der Waals surface area contributed by atoms with Gasteiger partial charge in [0, 0.05) is 42.2 Å². The minimum Gasteiger partial charge on any atom is -0.497 e. The molecule has 0 fully saturated rings. The van der Waals surface area contributed by atoms with Crippen molar-refractivity contribution >= 4 is 51.2 Å². The first-order chi connectivity index (χ1) is 18.4. The summed E-state index contributed by atoms with van der Waals surface area (Å²) in [4.78, 5) is 27.1. The first kappa shape index (κ1) is 25.4. The molecular formula is C29H28N4O4S. The zero-order chi connectivity index (χ0) is 26.8. The van der Waals surface area contributed by atoms with Crippen LogP contribution in [0.4, 0.5) is 5.69 Å². The van der Waals surface area contributed by atoms with Gasteiger partial charge in [-0.25, -0.2) is 4.79 Å². The summed E-state index contributed by atoms with van der Waals surface area (Å²) in [5, 5.41) is 11.3. The number of carbonyl (C=O) groups is 2. The number of unbranched alkanes of at least 4 members (excludes halogenated alkanes) is 1. The summed E-state index contributed by atoms with van der Waals surface area (Å²) in [7, 11) is 1.61. The van der Waals surface area contributed by atoms with Gasteiger partial charge in [0.2, 0.25) is 5.91 Å². The molecule has 38 heavy (non-hydrogen) atoms. The maximum atomic E-state index is 12.8. The van der Waals surface area contributed by atoms with E-state index in [9.17, 15) is 14.7 Å². The number of hydrogen-bond acceptors (Lipinski definition) is 6. The summed E-state index contributed by atoms with van der Waals surface area (Å²) in [6.45, 7) is 4.60. The maximum Gasteiger partial charge on any atom is 0.353 e. The van der Waals surface area contributed by atoms with Gasteiger partial charge in [-0.3, -0.25) is 4.79 Å². The van der Waals surface area contributed by atoms with E-state index < -0.39 is 5.97 Å². The number of aromatic carboxylic acids is 1. The molecule has 0 aliphatic carbocycles. The third-order valence-corrected chi connectivity index (χ3v) is 7.28. The van der Waals surface area contributed by atoms with Crippen LogP contribution in [0.2, 0.25) is 0 Å². The van der Waals surface area contributed by atoms with Gasteiger partial charge in [0.05, 0.1) is 18.8 Å². The molecule has 8 nitrogen and oxygen atoms in total. The second kappa shape index (κ2) is 10.6. The Morgan fingerprint density at radius 3 is 2.47 bits per heavy atom. The summed E-state index contributed by atoms with van der Waals surface area (Å²) >= 11 is 1.12. The van der Waals surface area contributed by atoms with Crippen molar-refractivity contribution in [3.63, 3.8) is 0 Å². The van der Waals surface area contributed by atoms with Crippen LogP contribution in [0.3, 0.4) is 0 Å². The van der Waals surface area contributed by atoms with Gasteiger partial charge in [-0.1, -0.05) is 31.5 Å². The number of nitrogens with zero attached hydrogens (tertiary/aromatic N) is 4. The highest BCUT2D eigenvalue weighted by molar-refractivity contribution is 7.00. The van der Waals surface area contributed by atoms with Crippen LogP contribution in [0.25, 0.3) is 33.1 Å². The lowest BCUT2D eigenvalue weighted by Gasteiger charge is -2.21. The highest BCUT2D eigenvalue weighted by Gasteiger charge is 2.25. The van der Waals surface area contributed by atoms with Crippen LogP contribution in [-0.4, -0.2) is 44.0 Å². The fraction of sp³-hybridized carbons (Fsp3) is 0.241. The zero-order valence-electron chi connectivity index (χ0n) is 21.5. The monoisotopic (exact) mass is 528 g/mol. The number of carboxylic acid groups (broad SMARTS) is 1. The molecule has 0 saturated heterocycles. The predicted molar refractivity (Wildman–Crippen MR) is 150 cm³/mol. The van der Waals surface area contributed by atoms with Crippen LogP contribution < -0.4 is 9.64 Å². The average Bonchev–Trinajstić information content (AvgIpc) is 3.51. The van der Waals surface area contributed by atoms with Gasteiger partial charge in [0.25, 0.3) is 0 Å². The molecule has 0 aliphatic heterocycles. The standard InChI is InChI=1S/C29H28N4O4S/c1-4-5-14-32(18(2)34)21-9-13-26-23(16-21)27(20-8-12-24-25(15-20)31-38-30-24)28(29(35)36)33(26)17-19-6-10-22(37-3)11-7-19/h6-13,15-16H,4-5,14,17H2,1-3H3,(H,35,36). The van der Waals surface area contributed by atoms with Crippen LogP contribution >= 0.6 is 11.7 Å². The lowest BCUT2D eigenvalue weighted by atomic mass is 10.0. The summed E-state index contributed by atoms with van der Waals surface area (Å²) in [5.41, 5.74) is 5.44. The van der Waals surface area contributed by atoms with E-state index in [2.05, 4.69) is 15.7 Å². The first-order valence-corrected chi connectivity index (χ1v) is 13.2. The van der Waals surface area contributed by atoms with E-state index in [1.54, 1.807) is 18.9 Å². The number of amides is 1. The van der Waals surface area contributed by atoms with Crippen LogP contribution in [0.5, 0.6) is 5.75 Å². The van der Waals surface area contributed by atoms with E-state index in [1.807, 2.05) is 65.2 Å². The normalized spacial score (nSPS) is 11.2. The molecule has 0 aliphatic rings. The van der Waals surface area contributed by atoms with Crippen molar-refractivity contribution in [1.82, 2.24) is 13.3 Å². The molecule has 0 unspecified atom stereocenters. The second-order valence-corrected chi connectivity index (χ2v) is 9.68. The summed E-state index contributed by atoms with van der Waals surface area (Å²) in [6.07, 6.45) is 1.83. The topological polar surface area (TPSA) is 97.5 Å². The average molecular weight is 529 g/mol. The van der Waals surface area contributed by atoms with E-state index in [4.69, 9.17) is 4.74 Å². The number of anilines is 1. The predicted octanol–water partition coefficient (Wildman–Crippen LogP) is 6.22. The van der Waals surface area contributed by atoms with Crippen molar-refractivity contribution in [1.29, 1.82) is 0 Å². The molecule has 1 N–H and O–H groups in total. The number of methoxy groups -OCH3 is 1. The van der Waals surface area contributed by atoms with Gasteiger partial charge in [-0.15, -0.1) is 0 Å². The van der Waals surface area contributed by atoms with Crippen molar-refractivity contribution in [2.45, 2.75) is 33.2 Å². The number of aromatic nitrogens is 3. The molecule has 194 valence electrons. The van der Waals surface area contributed by atoms with Gasteiger partial charge in [-0.2, -0.15) is 8.75 Å². The first-order valence-electron chi connectivity index (χ1n) is 12.4. The molecule has 0 atom stereocenters. The zero-order valence-corrected chi connectivity index (χ0v) is 22.3. The third kappa shape index (κ3) is 4.72. The second-order valence-electron chi connectivity index (χ2n) is 9.16. The van der Waals surface area contributed by atoms with Crippen LogP contribution in [0.15, 0.2) is 60.7 Å². The summed E-state index contributed by atoms with van der Waals surface area (Å²) in [6, 6.07) is 19.0. The Kier molecular flexibility index (Phi) is 7.11. The Morgan fingerprint density at radius 2 is 1.79 bits per heavy atom. The van der Waals surface area contributed by atoms with Crippen LogP contribution in [0.1, 0.15) is 42.7 Å². The van der Waals surface area contributed by atoms with E-state index >= 15 is 0 Å². The van der Waals surface area contributed by atoms with Crippen molar-refractivity contribution in [2.24, 2.45) is 0 Å². The molecule has 0 bridgehead atoms.